The van der Waals surface area contributed by atoms with Crippen molar-refractivity contribution in [2.75, 3.05) is 7.11 Å². The second-order valence-corrected chi connectivity index (χ2v) is 5.57. The standard InChI is InChI=1S/C18H18N2O3/c1-11-4-7-13(8-5-11)15-16(17(21)18(22)23-3)20-10-12(2)6-9-14(20)19-15/h4-10,17,21H,1-3H3. The number of carbonyl (C=O) groups is 1. The van der Waals surface area contributed by atoms with Crippen molar-refractivity contribution < 1.29 is 14.6 Å². The summed E-state index contributed by atoms with van der Waals surface area (Å²) in [5.74, 6) is -0.707. The van der Waals surface area contributed by atoms with Gasteiger partial charge in [-0.05, 0) is 25.5 Å². The molecule has 0 amide bonds. The van der Waals surface area contributed by atoms with E-state index >= 15 is 0 Å². The molecule has 0 aliphatic rings. The third-order valence-electron chi connectivity index (χ3n) is 3.81. The van der Waals surface area contributed by atoms with Crippen LogP contribution in [0.25, 0.3) is 16.9 Å². The van der Waals surface area contributed by atoms with Crippen LogP contribution in [0, 0.1) is 13.8 Å². The van der Waals surface area contributed by atoms with Crippen molar-refractivity contribution >= 4 is 11.6 Å². The van der Waals surface area contributed by atoms with E-state index in [9.17, 15) is 9.90 Å². The predicted molar refractivity (Wildman–Crippen MR) is 87.1 cm³/mol. The van der Waals surface area contributed by atoms with Gasteiger partial charge in [0, 0.05) is 11.8 Å². The van der Waals surface area contributed by atoms with Gasteiger partial charge in [-0.1, -0.05) is 35.9 Å². The highest BCUT2D eigenvalue weighted by Crippen LogP contribution is 2.30. The van der Waals surface area contributed by atoms with Crippen LogP contribution in [0.3, 0.4) is 0 Å². The minimum atomic E-state index is -1.40. The lowest BCUT2D eigenvalue weighted by atomic mass is 10.1. The lowest BCUT2D eigenvalue weighted by Crippen LogP contribution is -2.16. The monoisotopic (exact) mass is 310 g/mol. The van der Waals surface area contributed by atoms with Gasteiger partial charge in [-0.3, -0.25) is 4.40 Å². The highest BCUT2D eigenvalue weighted by Gasteiger charge is 2.27. The molecule has 0 radical (unpaired) electrons. The van der Waals surface area contributed by atoms with Gasteiger partial charge in [-0.15, -0.1) is 0 Å². The van der Waals surface area contributed by atoms with Crippen LogP contribution in [0.1, 0.15) is 22.9 Å². The van der Waals surface area contributed by atoms with Gasteiger partial charge in [0.15, 0.2) is 6.10 Å². The number of aliphatic hydroxyl groups excluding tert-OH is 1. The molecule has 23 heavy (non-hydrogen) atoms. The number of methoxy groups -OCH3 is 1. The number of pyridine rings is 1. The molecule has 1 N–H and O–H groups in total. The van der Waals surface area contributed by atoms with Crippen molar-refractivity contribution in [3.63, 3.8) is 0 Å². The van der Waals surface area contributed by atoms with Crippen LogP contribution in [-0.4, -0.2) is 27.6 Å². The van der Waals surface area contributed by atoms with Crippen LogP contribution in [0.4, 0.5) is 0 Å². The van der Waals surface area contributed by atoms with Crippen LogP contribution in [-0.2, 0) is 9.53 Å². The predicted octanol–water partition coefficient (Wildman–Crippen LogP) is 2.82. The normalized spacial score (nSPS) is 12.3. The van der Waals surface area contributed by atoms with Crippen molar-refractivity contribution in [2.24, 2.45) is 0 Å². The summed E-state index contributed by atoms with van der Waals surface area (Å²) in [5, 5.41) is 10.4. The molecule has 0 bridgehead atoms. The maximum atomic E-state index is 11.9. The third-order valence-corrected chi connectivity index (χ3v) is 3.81. The first-order chi connectivity index (χ1) is 11.0. The molecule has 0 fully saturated rings. The van der Waals surface area contributed by atoms with Gasteiger partial charge < -0.3 is 9.84 Å². The number of carbonyl (C=O) groups excluding carboxylic acids is 1. The van der Waals surface area contributed by atoms with E-state index in [1.165, 1.54) is 7.11 Å². The number of benzene rings is 1. The summed E-state index contributed by atoms with van der Waals surface area (Å²) in [6.07, 6.45) is 0.453. The number of ether oxygens (including phenoxy) is 1. The zero-order valence-electron chi connectivity index (χ0n) is 13.3. The fourth-order valence-electron chi connectivity index (χ4n) is 2.58. The number of imidazole rings is 1. The maximum Gasteiger partial charge on any atom is 0.341 e. The molecular weight excluding hydrogens is 292 g/mol. The average Bonchev–Trinajstić information content (AvgIpc) is 2.92. The number of esters is 1. The van der Waals surface area contributed by atoms with Crippen molar-refractivity contribution in [2.45, 2.75) is 20.0 Å². The Labute approximate surface area is 134 Å². The number of fused-ring (bicyclic) bond motifs is 1. The van der Waals surface area contributed by atoms with Gasteiger partial charge in [0.05, 0.1) is 18.5 Å². The largest absolute Gasteiger partial charge is 0.467 e. The molecule has 5 heteroatoms. The summed E-state index contributed by atoms with van der Waals surface area (Å²) in [4.78, 5) is 16.4. The lowest BCUT2D eigenvalue weighted by molar-refractivity contribution is -0.150. The number of aromatic nitrogens is 2. The SMILES string of the molecule is COC(=O)C(O)c1c(-c2ccc(C)cc2)nc2ccc(C)cn12. The molecule has 3 rings (SSSR count). The Hall–Kier alpha value is -2.66. The molecule has 5 nitrogen and oxygen atoms in total. The van der Waals surface area contributed by atoms with Crippen LogP contribution >= 0.6 is 0 Å². The van der Waals surface area contributed by atoms with Gasteiger partial charge in [-0.2, -0.15) is 0 Å². The van der Waals surface area contributed by atoms with Gasteiger partial charge in [0.2, 0.25) is 0 Å². The highest BCUT2D eigenvalue weighted by molar-refractivity contribution is 5.80. The quantitative estimate of drug-likeness (QED) is 0.756. The number of aryl methyl sites for hydroxylation is 2. The van der Waals surface area contributed by atoms with Gasteiger partial charge in [0.25, 0.3) is 0 Å². The molecular formula is C18H18N2O3. The molecule has 3 aromatic rings. The molecule has 0 saturated carbocycles. The van der Waals surface area contributed by atoms with E-state index in [1.54, 1.807) is 4.40 Å². The molecule has 2 heterocycles. The number of aliphatic hydroxyl groups is 1. The Bertz CT molecular complexity index is 866. The van der Waals surface area contributed by atoms with E-state index in [-0.39, 0.29) is 0 Å². The van der Waals surface area contributed by atoms with Crippen LogP contribution < -0.4 is 0 Å². The fourth-order valence-corrected chi connectivity index (χ4v) is 2.58. The summed E-state index contributed by atoms with van der Waals surface area (Å²) in [7, 11) is 1.26. The minimum absolute atomic E-state index is 0.416. The Kier molecular flexibility index (Phi) is 3.88. The Morgan fingerprint density at radius 2 is 1.78 bits per heavy atom. The zero-order valence-corrected chi connectivity index (χ0v) is 13.3. The smallest absolute Gasteiger partial charge is 0.341 e. The molecule has 2 aromatic heterocycles. The Morgan fingerprint density at radius 3 is 2.43 bits per heavy atom. The first-order valence-electron chi connectivity index (χ1n) is 7.33. The minimum Gasteiger partial charge on any atom is -0.467 e. The molecule has 0 aliphatic heterocycles. The molecule has 0 saturated heterocycles. The topological polar surface area (TPSA) is 63.8 Å². The van der Waals surface area contributed by atoms with Crippen LogP contribution in [0.2, 0.25) is 0 Å². The van der Waals surface area contributed by atoms with Crippen molar-refractivity contribution in [1.29, 1.82) is 0 Å². The summed E-state index contributed by atoms with van der Waals surface area (Å²) >= 11 is 0. The van der Waals surface area contributed by atoms with Crippen molar-refractivity contribution in [3.05, 3.63) is 59.4 Å². The van der Waals surface area contributed by atoms with Crippen molar-refractivity contribution in [1.82, 2.24) is 9.38 Å². The van der Waals surface area contributed by atoms with E-state index < -0.39 is 12.1 Å². The molecule has 0 spiro atoms. The zero-order chi connectivity index (χ0) is 16.6. The summed E-state index contributed by atoms with van der Waals surface area (Å²) in [5.41, 5.74) is 4.64. The third kappa shape index (κ3) is 2.71. The highest BCUT2D eigenvalue weighted by atomic mass is 16.5. The van der Waals surface area contributed by atoms with Gasteiger partial charge in [-0.25, -0.2) is 9.78 Å². The average molecular weight is 310 g/mol. The second-order valence-electron chi connectivity index (χ2n) is 5.57. The molecule has 1 atom stereocenters. The first-order valence-corrected chi connectivity index (χ1v) is 7.33. The number of rotatable bonds is 3. The Balaban J connectivity index is 2.27. The van der Waals surface area contributed by atoms with Crippen LogP contribution in [0.15, 0.2) is 42.6 Å². The summed E-state index contributed by atoms with van der Waals surface area (Å²) in [6, 6.07) is 11.6. The fraction of sp³-hybridized carbons (Fsp3) is 0.222. The van der Waals surface area contributed by atoms with E-state index in [0.717, 1.165) is 16.7 Å². The molecule has 1 aromatic carbocycles. The van der Waals surface area contributed by atoms with E-state index in [1.807, 2.05) is 56.4 Å². The van der Waals surface area contributed by atoms with Gasteiger partial charge in [0.1, 0.15) is 5.65 Å². The molecule has 118 valence electrons. The Morgan fingerprint density at radius 1 is 1.13 bits per heavy atom. The number of hydrogen-bond donors (Lipinski definition) is 1. The van der Waals surface area contributed by atoms with E-state index in [2.05, 4.69) is 4.98 Å². The summed E-state index contributed by atoms with van der Waals surface area (Å²) in [6.45, 7) is 3.94. The van der Waals surface area contributed by atoms with E-state index in [0.29, 0.717) is 17.0 Å². The van der Waals surface area contributed by atoms with Crippen LogP contribution in [0.5, 0.6) is 0 Å². The molecule has 0 aliphatic carbocycles. The first kappa shape index (κ1) is 15.2. The molecule has 1 unspecified atom stereocenters. The van der Waals surface area contributed by atoms with E-state index in [4.69, 9.17) is 4.74 Å². The second kappa shape index (κ2) is 5.85. The maximum absolute atomic E-state index is 11.9. The number of nitrogens with zero attached hydrogens (tertiary/aromatic N) is 2. The summed E-state index contributed by atoms with van der Waals surface area (Å²) < 4.78 is 6.44. The lowest BCUT2D eigenvalue weighted by Gasteiger charge is -2.11. The van der Waals surface area contributed by atoms with Gasteiger partial charge >= 0.3 is 5.97 Å². The van der Waals surface area contributed by atoms with Crippen molar-refractivity contribution in [3.8, 4) is 11.3 Å². The number of hydrogen-bond acceptors (Lipinski definition) is 4.